The molecule has 0 bridgehead atoms. The summed E-state index contributed by atoms with van der Waals surface area (Å²) in [6, 6.07) is 8.58. The van der Waals surface area contributed by atoms with E-state index in [9.17, 15) is 4.79 Å². The van der Waals surface area contributed by atoms with Crippen LogP contribution in [0.2, 0.25) is 0 Å². The van der Waals surface area contributed by atoms with Crippen LogP contribution >= 0.6 is 11.8 Å². The number of nitrogens with zero attached hydrogens (tertiary/aromatic N) is 2. The Hall–Kier alpha value is -1.82. The van der Waals surface area contributed by atoms with Crippen molar-refractivity contribution in [1.29, 1.82) is 0 Å². The fourth-order valence-corrected chi connectivity index (χ4v) is 2.66. The van der Waals surface area contributed by atoms with Gasteiger partial charge in [-0.3, -0.25) is 9.89 Å². The molecule has 0 saturated carbocycles. The SMILES string of the molecule is Cc1nc(SCC(=O)NCCc2ccc(C(C)C)cc2)n[nH]1. The number of aryl methyl sites for hydroxylation is 1. The highest BCUT2D eigenvalue weighted by Crippen LogP contribution is 2.15. The molecular formula is C16H22N4OS. The molecule has 0 unspecified atom stereocenters. The number of carbonyl (C=O) groups is 1. The summed E-state index contributed by atoms with van der Waals surface area (Å²) >= 11 is 1.34. The molecule has 22 heavy (non-hydrogen) atoms. The molecule has 0 radical (unpaired) electrons. The topological polar surface area (TPSA) is 70.7 Å². The van der Waals surface area contributed by atoms with E-state index >= 15 is 0 Å². The smallest absolute Gasteiger partial charge is 0.230 e. The predicted molar refractivity (Wildman–Crippen MR) is 89.1 cm³/mol. The van der Waals surface area contributed by atoms with E-state index in [1.807, 2.05) is 6.92 Å². The van der Waals surface area contributed by atoms with Gasteiger partial charge in [-0.2, -0.15) is 0 Å². The molecule has 0 aliphatic rings. The molecule has 118 valence electrons. The molecule has 1 amide bonds. The van der Waals surface area contributed by atoms with Crippen LogP contribution in [0.25, 0.3) is 0 Å². The summed E-state index contributed by atoms with van der Waals surface area (Å²) in [4.78, 5) is 15.9. The molecule has 1 aromatic heterocycles. The molecular weight excluding hydrogens is 296 g/mol. The molecule has 0 aliphatic heterocycles. The first-order valence-corrected chi connectivity index (χ1v) is 8.40. The van der Waals surface area contributed by atoms with Gasteiger partial charge >= 0.3 is 0 Å². The van der Waals surface area contributed by atoms with Crippen LogP contribution in [0.1, 0.15) is 36.7 Å². The lowest BCUT2D eigenvalue weighted by atomic mass is 10.0. The second kappa shape index (κ2) is 7.98. The van der Waals surface area contributed by atoms with Crippen LogP contribution in [-0.4, -0.2) is 33.4 Å². The van der Waals surface area contributed by atoms with E-state index in [0.717, 1.165) is 12.2 Å². The molecule has 0 aliphatic carbocycles. The molecule has 5 nitrogen and oxygen atoms in total. The molecule has 0 atom stereocenters. The Kier molecular flexibility index (Phi) is 6.00. The van der Waals surface area contributed by atoms with Gasteiger partial charge in [0.15, 0.2) is 0 Å². The van der Waals surface area contributed by atoms with Crippen molar-refractivity contribution in [2.75, 3.05) is 12.3 Å². The number of benzene rings is 1. The molecule has 1 aromatic carbocycles. The molecule has 0 fully saturated rings. The standard InChI is InChI=1S/C16H22N4OS/c1-11(2)14-6-4-13(5-7-14)8-9-17-15(21)10-22-16-18-12(3)19-20-16/h4-7,11H,8-10H2,1-3H3,(H,17,21)(H,18,19,20). The first-order chi connectivity index (χ1) is 10.5. The van der Waals surface area contributed by atoms with Crippen LogP contribution in [0.4, 0.5) is 0 Å². The first-order valence-electron chi connectivity index (χ1n) is 7.42. The van der Waals surface area contributed by atoms with Crippen molar-refractivity contribution >= 4 is 17.7 Å². The zero-order valence-electron chi connectivity index (χ0n) is 13.2. The van der Waals surface area contributed by atoms with Crippen LogP contribution in [0, 0.1) is 6.92 Å². The van der Waals surface area contributed by atoms with Crippen LogP contribution in [0.3, 0.4) is 0 Å². The zero-order chi connectivity index (χ0) is 15.9. The Labute approximate surface area is 135 Å². The molecule has 2 aromatic rings. The first kappa shape index (κ1) is 16.5. The summed E-state index contributed by atoms with van der Waals surface area (Å²) in [7, 11) is 0. The van der Waals surface area contributed by atoms with Gasteiger partial charge in [-0.1, -0.05) is 49.9 Å². The van der Waals surface area contributed by atoms with Crippen LogP contribution in [0.15, 0.2) is 29.4 Å². The second-order valence-electron chi connectivity index (χ2n) is 5.49. The molecule has 0 saturated heterocycles. The van der Waals surface area contributed by atoms with Crippen molar-refractivity contribution in [3.05, 3.63) is 41.2 Å². The number of rotatable bonds is 7. The van der Waals surface area contributed by atoms with E-state index < -0.39 is 0 Å². The van der Waals surface area contributed by atoms with Gasteiger partial charge < -0.3 is 5.32 Å². The summed E-state index contributed by atoms with van der Waals surface area (Å²) < 4.78 is 0. The van der Waals surface area contributed by atoms with Crippen LogP contribution in [-0.2, 0) is 11.2 Å². The van der Waals surface area contributed by atoms with E-state index in [1.165, 1.54) is 22.9 Å². The lowest BCUT2D eigenvalue weighted by molar-refractivity contribution is -0.118. The average molecular weight is 318 g/mol. The van der Waals surface area contributed by atoms with E-state index in [2.05, 4.69) is 58.6 Å². The largest absolute Gasteiger partial charge is 0.355 e. The number of hydrogen-bond donors (Lipinski definition) is 2. The summed E-state index contributed by atoms with van der Waals surface area (Å²) in [5.74, 6) is 1.65. The van der Waals surface area contributed by atoms with Gasteiger partial charge in [-0.05, 0) is 30.4 Å². The number of H-pyrrole nitrogens is 1. The molecule has 6 heteroatoms. The number of hydrogen-bond acceptors (Lipinski definition) is 4. The highest BCUT2D eigenvalue weighted by molar-refractivity contribution is 7.99. The van der Waals surface area contributed by atoms with E-state index in [4.69, 9.17) is 0 Å². The van der Waals surface area contributed by atoms with Gasteiger partial charge in [0.05, 0.1) is 5.75 Å². The quantitative estimate of drug-likeness (QED) is 0.770. The maximum atomic E-state index is 11.8. The van der Waals surface area contributed by atoms with E-state index in [0.29, 0.717) is 23.4 Å². The van der Waals surface area contributed by atoms with E-state index in [-0.39, 0.29) is 5.91 Å². The maximum Gasteiger partial charge on any atom is 0.230 e. The number of aromatic nitrogens is 3. The third-order valence-corrected chi connectivity index (χ3v) is 4.14. The fraction of sp³-hybridized carbons (Fsp3) is 0.438. The normalized spacial score (nSPS) is 10.9. The summed E-state index contributed by atoms with van der Waals surface area (Å²) in [6.07, 6.45) is 0.842. The Bertz CT molecular complexity index is 607. The van der Waals surface area contributed by atoms with Crippen molar-refractivity contribution in [3.63, 3.8) is 0 Å². The molecule has 0 spiro atoms. The highest BCUT2D eigenvalue weighted by atomic mass is 32.2. The molecule has 2 N–H and O–H groups in total. The van der Waals surface area contributed by atoms with Crippen molar-refractivity contribution in [2.24, 2.45) is 0 Å². The van der Waals surface area contributed by atoms with Crippen LogP contribution < -0.4 is 5.32 Å². The van der Waals surface area contributed by atoms with Crippen molar-refractivity contribution in [3.8, 4) is 0 Å². The summed E-state index contributed by atoms with van der Waals surface area (Å²) in [5, 5.41) is 10.3. The van der Waals surface area contributed by atoms with Crippen LogP contribution in [0.5, 0.6) is 0 Å². The second-order valence-corrected chi connectivity index (χ2v) is 6.43. The lowest BCUT2D eigenvalue weighted by Crippen LogP contribution is -2.27. The molecule has 2 rings (SSSR count). The van der Waals surface area contributed by atoms with E-state index in [1.54, 1.807) is 0 Å². The Morgan fingerprint density at radius 3 is 2.64 bits per heavy atom. The fourth-order valence-electron chi connectivity index (χ4n) is 1.98. The number of carbonyl (C=O) groups excluding carboxylic acids is 1. The van der Waals surface area contributed by atoms with Gasteiger partial charge in [0.25, 0.3) is 0 Å². The predicted octanol–water partition coefficient (Wildman–Crippen LogP) is 2.69. The van der Waals surface area contributed by atoms with Gasteiger partial charge in [0.1, 0.15) is 5.82 Å². The van der Waals surface area contributed by atoms with Gasteiger partial charge in [-0.25, -0.2) is 4.98 Å². The van der Waals surface area contributed by atoms with Crippen molar-refractivity contribution < 1.29 is 4.79 Å². The number of amides is 1. The minimum atomic E-state index is 0.00579. The third-order valence-electron chi connectivity index (χ3n) is 3.29. The number of aromatic amines is 1. The Morgan fingerprint density at radius 2 is 2.05 bits per heavy atom. The van der Waals surface area contributed by atoms with Gasteiger partial charge in [0, 0.05) is 6.54 Å². The molecule has 1 heterocycles. The van der Waals surface area contributed by atoms with Gasteiger partial charge in [-0.15, -0.1) is 5.10 Å². The monoisotopic (exact) mass is 318 g/mol. The number of nitrogens with one attached hydrogen (secondary N) is 2. The van der Waals surface area contributed by atoms with Gasteiger partial charge in [0.2, 0.25) is 11.1 Å². The minimum Gasteiger partial charge on any atom is -0.355 e. The maximum absolute atomic E-state index is 11.8. The average Bonchev–Trinajstić information content (AvgIpc) is 2.91. The summed E-state index contributed by atoms with van der Waals surface area (Å²) in [5.41, 5.74) is 2.58. The minimum absolute atomic E-state index is 0.00579. The Balaban J connectivity index is 1.68. The summed E-state index contributed by atoms with van der Waals surface area (Å²) in [6.45, 7) is 6.85. The lowest BCUT2D eigenvalue weighted by Gasteiger charge is -2.07. The number of thioether (sulfide) groups is 1. The Morgan fingerprint density at radius 1 is 1.32 bits per heavy atom. The van der Waals surface area contributed by atoms with Crippen molar-refractivity contribution in [1.82, 2.24) is 20.5 Å². The zero-order valence-corrected chi connectivity index (χ0v) is 14.0. The van der Waals surface area contributed by atoms with Crippen molar-refractivity contribution in [2.45, 2.75) is 38.3 Å². The third kappa shape index (κ3) is 5.18. The highest BCUT2D eigenvalue weighted by Gasteiger charge is 2.06.